The highest BCUT2D eigenvalue weighted by molar-refractivity contribution is 5.78. The Kier molecular flexibility index (Phi) is 4.75. The van der Waals surface area contributed by atoms with Crippen molar-refractivity contribution in [2.45, 2.75) is 0 Å². The molecule has 4 nitrogen and oxygen atoms in total. The van der Waals surface area contributed by atoms with Crippen LogP contribution in [0.1, 0.15) is 5.56 Å². The maximum atomic E-state index is 5.45. The van der Waals surface area contributed by atoms with Gasteiger partial charge in [0.05, 0.1) is 6.21 Å². The van der Waals surface area contributed by atoms with E-state index in [9.17, 15) is 0 Å². The number of hydrogen-bond acceptors (Lipinski definition) is 4. The molecular formula is C14H14N2O2. The molecule has 0 saturated carbocycles. The van der Waals surface area contributed by atoms with Gasteiger partial charge in [0.25, 0.3) is 0 Å². The molecule has 0 unspecified atom stereocenters. The van der Waals surface area contributed by atoms with Gasteiger partial charge in [-0.15, -0.1) is 0 Å². The number of ether oxygens (including phenoxy) is 1. The molecule has 1 aromatic carbocycles. The van der Waals surface area contributed by atoms with E-state index in [0.29, 0.717) is 13.2 Å². The predicted molar refractivity (Wildman–Crippen MR) is 69.7 cm³/mol. The van der Waals surface area contributed by atoms with E-state index in [4.69, 9.17) is 9.57 Å². The van der Waals surface area contributed by atoms with E-state index in [0.717, 1.165) is 11.3 Å². The molecule has 0 fully saturated rings. The van der Waals surface area contributed by atoms with E-state index in [2.05, 4.69) is 10.1 Å². The molecule has 18 heavy (non-hydrogen) atoms. The van der Waals surface area contributed by atoms with Crippen molar-refractivity contribution < 1.29 is 9.57 Å². The molecule has 0 aliphatic heterocycles. The highest BCUT2D eigenvalue weighted by Crippen LogP contribution is 2.07. The molecule has 2 aromatic rings. The quantitative estimate of drug-likeness (QED) is 0.444. The second-order valence-electron chi connectivity index (χ2n) is 3.51. The van der Waals surface area contributed by atoms with Gasteiger partial charge in [-0.1, -0.05) is 23.4 Å². The molecule has 0 saturated heterocycles. The van der Waals surface area contributed by atoms with Crippen LogP contribution in [-0.4, -0.2) is 24.4 Å². The summed E-state index contributed by atoms with van der Waals surface area (Å²) in [5, 5.41) is 3.84. The van der Waals surface area contributed by atoms with E-state index in [-0.39, 0.29) is 0 Å². The van der Waals surface area contributed by atoms with Gasteiger partial charge in [0, 0.05) is 12.4 Å². The largest absolute Gasteiger partial charge is 0.490 e. The molecule has 92 valence electrons. The first-order chi connectivity index (χ1) is 8.95. The fraction of sp³-hybridized carbons (Fsp3) is 0.143. The number of rotatable bonds is 6. The lowest BCUT2D eigenvalue weighted by Gasteiger charge is -2.04. The zero-order chi connectivity index (χ0) is 12.5. The van der Waals surface area contributed by atoms with Gasteiger partial charge in [0.15, 0.2) is 6.61 Å². The lowest BCUT2D eigenvalue weighted by atomic mass is 10.3. The van der Waals surface area contributed by atoms with Crippen molar-refractivity contribution in [2.75, 3.05) is 13.2 Å². The van der Waals surface area contributed by atoms with Crippen LogP contribution in [-0.2, 0) is 4.84 Å². The Morgan fingerprint density at radius 3 is 2.56 bits per heavy atom. The van der Waals surface area contributed by atoms with E-state index in [1.165, 1.54) is 0 Å². The lowest BCUT2D eigenvalue weighted by Crippen LogP contribution is -2.03. The molecule has 0 amide bonds. The van der Waals surface area contributed by atoms with E-state index < -0.39 is 0 Å². The van der Waals surface area contributed by atoms with E-state index in [1.54, 1.807) is 18.6 Å². The van der Waals surface area contributed by atoms with Crippen LogP contribution in [0.25, 0.3) is 0 Å². The summed E-state index contributed by atoms with van der Waals surface area (Å²) in [6, 6.07) is 13.3. The molecule has 0 N–H and O–H groups in total. The number of hydrogen-bond donors (Lipinski definition) is 0. The molecule has 0 spiro atoms. The van der Waals surface area contributed by atoms with Gasteiger partial charge in [-0.3, -0.25) is 4.98 Å². The average molecular weight is 242 g/mol. The SMILES string of the molecule is C(=N/OCCOc1ccccc1)/c1ccncc1. The number of benzene rings is 1. The molecule has 0 bridgehead atoms. The van der Waals surface area contributed by atoms with Crippen LogP contribution in [0.5, 0.6) is 5.75 Å². The van der Waals surface area contributed by atoms with Gasteiger partial charge in [0.2, 0.25) is 0 Å². The van der Waals surface area contributed by atoms with Gasteiger partial charge >= 0.3 is 0 Å². The minimum atomic E-state index is 0.413. The molecule has 0 aliphatic carbocycles. The molecule has 4 heteroatoms. The third-order valence-electron chi connectivity index (χ3n) is 2.17. The summed E-state index contributed by atoms with van der Waals surface area (Å²) >= 11 is 0. The Morgan fingerprint density at radius 2 is 1.78 bits per heavy atom. The summed E-state index contributed by atoms with van der Waals surface area (Å²) in [5.41, 5.74) is 0.953. The Labute approximate surface area is 106 Å². The molecule has 2 rings (SSSR count). The first kappa shape index (κ1) is 12.1. The third-order valence-corrected chi connectivity index (χ3v) is 2.17. The summed E-state index contributed by atoms with van der Waals surface area (Å²) in [6.07, 6.45) is 5.06. The van der Waals surface area contributed by atoms with Crippen LogP contribution in [0, 0.1) is 0 Å². The Balaban J connectivity index is 1.63. The zero-order valence-electron chi connectivity index (χ0n) is 9.90. The van der Waals surface area contributed by atoms with Crippen molar-refractivity contribution in [1.29, 1.82) is 0 Å². The van der Waals surface area contributed by atoms with Crippen molar-refractivity contribution in [3.8, 4) is 5.75 Å². The van der Waals surface area contributed by atoms with Crippen LogP contribution in [0.4, 0.5) is 0 Å². The standard InChI is InChI=1S/C14H14N2O2/c1-2-4-14(5-3-1)17-10-11-18-16-12-13-6-8-15-9-7-13/h1-9,12H,10-11H2/b16-12-. The fourth-order valence-corrected chi connectivity index (χ4v) is 1.31. The minimum absolute atomic E-state index is 0.413. The Hall–Kier alpha value is -2.36. The van der Waals surface area contributed by atoms with Crippen LogP contribution in [0.2, 0.25) is 0 Å². The van der Waals surface area contributed by atoms with Crippen molar-refractivity contribution in [3.05, 3.63) is 60.4 Å². The number of pyridine rings is 1. The molecular weight excluding hydrogens is 228 g/mol. The maximum absolute atomic E-state index is 5.45. The molecule has 0 radical (unpaired) electrons. The monoisotopic (exact) mass is 242 g/mol. The number of nitrogens with zero attached hydrogens (tertiary/aromatic N) is 2. The van der Waals surface area contributed by atoms with Gasteiger partial charge in [0.1, 0.15) is 12.4 Å². The van der Waals surface area contributed by atoms with Gasteiger partial charge in [-0.25, -0.2) is 0 Å². The van der Waals surface area contributed by atoms with Gasteiger partial charge < -0.3 is 9.57 Å². The average Bonchev–Trinajstić information content (AvgIpc) is 2.45. The van der Waals surface area contributed by atoms with Crippen molar-refractivity contribution >= 4 is 6.21 Å². The lowest BCUT2D eigenvalue weighted by molar-refractivity contribution is 0.108. The molecule has 0 aliphatic rings. The van der Waals surface area contributed by atoms with E-state index in [1.807, 2.05) is 42.5 Å². The predicted octanol–water partition coefficient (Wildman–Crippen LogP) is 2.51. The second-order valence-corrected chi connectivity index (χ2v) is 3.51. The van der Waals surface area contributed by atoms with Gasteiger partial charge in [-0.2, -0.15) is 0 Å². The molecule has 1 aromatic heterocycles. The summed E-state index contributed by atoms with van der Waals surface area (Å²) in [7, 11) is 0. The number of para-hydroxylation sites is 1. The highest BCUT2D eigenvalue weighted by atomic mass is 16.6. The number of aromatic nitrogens is 1. The van der Waals surface area contributed by atoms with Crippen molar-refractivity contribution in [2.24, 2.45) is 5.16 Å². The van der Waals surface area contributed by atoms with Crippen LogP contribution >= 0.6 is 0 Å². The summed E-state index contributed by atoms with van der Waals surface area (Å²) in [4.78, 5) is 9.00. The molecule has 0 atom stereocenters. The van der Waals surface area contributed by atoms with E-state index >= 15 is 0 Å². The summed E-state index contributed by atoms with van der Waals surface area (Å²) in [5.74, 6) is 0.833. The first-order valence-corrected chi connectivity index (χ1v) is 5.68. The topological polar surface area (TPSA) is 43.7 Å². The van der Waals surface area contributed by atoms with Crippen molar-refractivity contribution in [3.63, 3.8) is 0 Å². The normalized spacial score (nSPS) is 10.4. The van der Waals surface area contributed by atoms with Crippen LogP contribution in [0.15, 0.2) is 60.0 Å². The minimum Gasteiger partial charge on any atom is -0.490 e. The first-order valence-electron chi connectivity index (χ1n) is 5.68. The second kappa shape index (κ2) is 7.06. The maximum Gasteiger partial charge on any atom is 0.151 e. The zero-order valence-corrected chi connectivity index (χ0v) is 9.90. The van der Waals surface area contributed by atoms with Gasteiger partial charge in [-0.05, 0) is 29.8 Å². The van der Waals surface area contributed by atoms with Crippen molar-refractivity contribution in [1.82, 2.24) is 4.98 Å². The summed E-state index contributed by atoms with van der Waals surface area (Å²) in [6.45, 7) is 0.883. The number of oxime groups is 1. The molecule has 1 heterocycles. The summed E-state index contributed by atoms with van der Waals surface area (Å²) < 4.78 is 5.45. The Morgan fingerprint density at radius 1 is 1.00 bits per heavy atom. The van der Waals surface area contributed by atoms with Crippen LogP contribution in [0.3, 0.4) is 0 Å². The Bertz CT molecular complexity index is 472. The van der Waals surface area contributed by atoms with Crippen LogP contribution < -0.4 is 4.74 Å². The smallest absolute Gasteiger partial charge is 0.151 e. The highest BCUT2D eigenvalue weighted by Gasteiger charge is 1.91. The third kappa shape index (κ3) is 4.25. The fourth-order valence-electron chi connectivity index (χ4n) is 1.31.